The largest absolute Gasteiger partial charge is 2.00 e. The first kappa shape index (κ1) is 115. The van der Waals surface area contributed by atoms with Crippen molar-refractivity contribution < 1.29 is 37.1 Å². The molecule has 3 fully saturated rings. The Morgan fingerprint density at radius 2 is 0.600 bits per heavy atom. The van der Waals surface area contributed by atoms with Crippen molar-refractivity contribution in [2.75, 3.05) is 13.0 Å². The summed E-state index contributed by atoms with van der Waals surface area (Å²) in [4.78, 5) is 21.0. The molecular weight excluding hydrogens is 1470 g/mol. The number of aliphatic hydroxyl groups is 2. The van der Waals surface area contributed by atoms with Crippen LogP contribution in [-0.4, -0.2) is 101 Å². The van der Waals surface area contributed by atoms with Gasteiger partial charge in [-0.2, -0.15) is 15.2 Å². The smallest absolute Gasteiger partial charge is 1.00 e. The van der Waals surface area contributed by atoms with Crippen molar-refractivity contribution in [3.63, 3.8) is 0 Å². The van der Waals surface area contributed by atoms with E-state index in [1.165, 1.54) is 110 Å². The Morgan fingerprint density at radius 3 is 0.748 bits per heavy atom. The standard InChI is InChI=1S/3C28H41NO.C5H12O2.C5H10.C3H5.3C2H6.CH3Cl.ClH.Mg/c3*1-7-19-28(6,24-17-12-9-13-18-24)22-25(23-15-10-8-11-16-23)30-29-26(2,3)20-14-21-27(29,4)5;1-2-3-5(7)4-6;1-3-5-4-2;1-3-2;4*1-2;;/h3*8-13,15-18,25H,7,14,19-22H2,1-6H3;5-7H,2-4H2,1H3;3H,1,4-5H2,2H3;3H,1-2H2;3*1-2H3;1H3;1H;/q;;;;;-1;;;;;;+2/p-1. The minimum absolute atomic E-state index is 0. The van der Waals surface area contributed by atoms with Gasteiger partial charge in [0.2, 0.25) is 0 Å². The third-order valence-corrected chi connectivity index (χ3v) is 22.3. The van der Waals surface area contributed by atoms with Crippen LogP contribution in [0.25, 0.3) is 0 Å². The SMILES string of the molecule is C=CCCC.C=C[CH2-].CC.CC.CC.CCCC(C)(CC(ON1C(C)(C)CCCC1(C)C)c1ccccc1)c1ccccc1.CCCC(C)(CC(ON1C(C)(C)CCCC1(C)C)c1ccccc1)c1ccccc1.CCCC(C)(CC(ON1C(C)(C)CCCC1(C)C)c1ccccc1)c1ccccc1.CCCC(O)CO.CCl.[Cl-].[Mg+2]. The normalized spacial score (nSPS) is 18.5. The van der Waals surface area contributed by atoms with Gasteiger partial charge in [0.05, 0.1) is 12.7 Å². The van der Waals surface area contributed by atoms with Gasteiger partial charge in [-0.1, -0.05) is 317 Å². The Hall–Kier alpha value is -4.30. The first-order valence-electron chi connectivity index (χ1n) is 44.1. The van der Waals surface area contributed by atoms with E-state index in [-0.39, 0.29) is 110 Å². The Labute approximate surface area is 737 Å². The van der Waals surface area contributed by atoms with Gasteiger partial charge in [-0.05, 0) is 242 Å². The average Bonchev–Trinajstić information content (AvgIpc) is 0.778. The number of allylic oxidation sites excluding steroid dienone is 2. The predicted molar refractivity (Wildman–Crippen MR) is 503 cm³/mol. The van der Waals surface area contributed by atoms with Gasteiger partial charge in [0.15, 0.2) is 0 Å². The number of hydrogen-bond donors (Lipinski definition) is 2. The van der Waals surface area contributed by atoms with Crippen LogP contribution >= 0.6 is 11.6 Å². The van der Waals surface area contributed by atoms with E-state index in [4.69, 9.17) is 24.7 Å². The zero-order valence-corrected chi connectivity index (χ0v) is 81.5. The van der Waals surface area contributed by atoms with E-state index in [9.17, 15) is 0 Å². The van der Waals surface area contributed by atoms with Crippen molar-refractivity contribution in [2.45, 2.75) is 395 Å². The van der Waals surface area contributed by atoms with Crippen molar-refractivity contribution in [1.82, 2.24) is 15.2 Å². The van der Waals surface area contributed by atoms with E-state index >= 15 is 0 Å². The molecule has 6 aromatic carbocycles. The maximum absolute atomic E-state index is 8.61. The summed E-state index contributed by atoms with van der Waals surface area (Å²) in [5.74, 6) is 0. The number of unbranched alkanes of at least 4 members (excludes halogenated alkanes) is 1. The molecule has 0 aromatic heterocycles. The zero-order valence-electron chi connectivity index (χ0n) is 78.6. The third kappa shape index (κ3) is 39.4. The van der Waals surface area contributed by atoms with Gasteiger partial charge in [0.25, 0.3) is 0 Å². The zero-order chi connectivity index (χ0) is 86.0. The molecular formula is C104H171Cl2MgN3O5. The summed E-state index contributed by atoms with van der Waals surface area (Å²) in [7, 11) is 0. The second-order valence-electron chi connectivity index (χ2n) is 35.0. The second kappa shape index (κ2) is 60.2. The van der Waals surface area contributed by atoms with Crippen LogP contribution in [0.4, 0.5) is 0 Å². The fourth-order valence-corrected chi connectivity index (χ4v) is 16.9. The Bertz CT molecular complexity index is 2910. The van der Waals surface area contributed by atoms with Crippen molar-refractivity contribution in [3.8, 4) is 0 Å². The molecule has 0 amide bonds. The van der Waals surface area contributed by atoms with E-state index in [1.807, 2.05) is 54.5 Å². The third-order valence-electron chi connectivity index (χ3n) is 22.3. The van der Waals surface area contributed by atoms with Crippen LogP contribution in [0.1, 0.15) is 373 Å². The average molecular weight is 1640 g/mol. The molecule has 3 saturated heterocycles. The second-order valence-corrected chi connectivity index (χ2v) is 35.0. The van der Waals surface area contributed by atoms with Gasteiger partial charge in [0.1, 0.15) is 18.3 Å². The number of piperidine rings is 3. The number of hydroxylamine groups is 6. The van der Waals surface area contributed by atoms with Crippen molar-refractivity contribution in [1.29, 1.82) is 0 Å². The van der Waals surface area contributed by atoms with Crippen LogP contribution in [-0.2, 0) is 30.8 Å². The topological polar surface area (TPSA) is 77.9 Å². The van der Waals surface area contributed by atoms with Crippen molar-refractivity contribution in [3.05, 3.63) is 248 Å². The molecule has 3 aliphatic heterocycles. The number of rotatable bonds is 29. The maximum atomic E-state index is 8.61. The Balaban J connectivity index is -0.00000143. The van der Waals surface area contributed by atoms with Crippen molar-refractivity contribution >= 4 is 34.7 Å². The minimum Gasteiger partial charge on any atom is -1.00 e. The van der Waals surface area contributed by atoms with Crippen LogP contribution in [0.3, 0.4) is 0 Å². The molecule has 0 aliphatic carbocycles. The monoisotopic (exact) mass is 1640 g/mol. The number of nitrogens with zero attached hydrogens (tertiary/aromatic N) is 3. The first-order chi connectivity index (χ1) is 53.7. The molecule has 3 aliphatic rings. The maximum Gasteiger partial charge on any atom is 2.00 e. The summed E-state index contributed by atoms with van der Waals surface area (Å²) in [6, 6.07) is 65.5. The van der Waals surface area contributed by atoms with E-state index in [2.05, 4.69) is 360 Å². The summed E-state index contributed by atoms with van der Waals surface area (Å²) in [6.07, 6.45) is 29.1. The Morgan fingerprint density at radius 1 is 0.400 bits per heavy atom. The number of alkyl halides is 1. The van der Waals surface area contributed by atoms with Gasteiger partial charge in [-0.3, -0.25) is 14.5 Å². The van der Waals surface area contributed by atoms with Crippen LogP contribution < -0.4 is 12.4 Å². The van der Waals surface area contributed by atoms with E-state index in [1.54, 1.807) is 0 Å². The molecule has 0 radical (unpaired) electrons. The minimum atomic E-state index is -0.495. The molecule has 0 spiro atoms. The van der Waals surface area contributed by atoms with Crippen LogP contribution in [0.2, 0.25) is 0 Å². The van der Waals surface area contributed by atoms with Gasteiger partial charge in [-0.15, -0.1) is 18.2 Å². The molecule has 2 N–H and O–H groups in total. The molecule has 8 nitrogen and oxygen atoms in total. The number of halogens is 2. The number of aliphatic hydroxyl groups excluding tert-OH is 2. The summed E-state index contributed by atoms with van der Waals surface area (Å²) < 4.78 is 0. The fourth-order valence-electron chi connectivity index (χ4n) is 16.9. The molecule has 7 atom stereocenters. The summed E-state index contributed by atoms with van der Waals surface area (Å²) in [6.45, 7) is 68.1. The van der Waals surface area contributed by atoms with E-state index in [0.717, 1.165) is 70.6 Å². The molecule has 648 valence electrons. The summed E-state index contributed by atoms with van der Waals surface area (Å²) in [5.41, 5.74) is 8.44. The van der Waals surface area contributed by atoms with Crippen LogP contribution in [0.5, 0.6) is 0 Å². The predicted octanol–water partition coefficient (Wildman–Crippen LogP) is 27.2. The van der Waals surface area contributed by atoms with Crippen LogP contribution in [0.15, 0.2) is 207 Å². The quantitative estimate of drug-likeness (QED) is 0.0208. The molecule has 6 aromatic rings. The van der Waals surface area contributed by atoms with E-state index < -0.39 is 6.10 Å². The number of hydrogen-bond acceptors (Lipinski definition) is 8. The molecule has 115 heavy (non-hydrogen) atoms. The van der Waals surface area contributed by atoms with Crippen molar-refractivity contribution in [2.24, 2.45) is 0 Å². The molecule has 0 bridgehead atoms. The van der Waals surface area contributed by atoms with E-state index in [0.29, 0.717) is 6.42 Å². The van der Waals surface area contributed by atoms with Gasteiger partial charge in [-0.25, -0.2) is 19.6 Å². The number of benzene rings is 6. The van der Waals surface area contributed by atoms with Gasteiger partial charge >= 0.3 is 23.1 Å². The molecule has 7 unspecified atom stereocenters. The molecule has 11 heteroatoms. The molecule has 3 heterocycles. The summed E-state index contributed by atoms with van der Waals surface area (Å²) in [5, 5.41) is 23.8. The first-order valence-corrected chi connectivity index (χ1v) is 44.8. The van der Waals surface area contributed by atoms with Gasteiger partial charge in [0, 0.05) is 39.6 Å². The van der Waals surface area contributed by atoms with Gasteiger partial charge < -0.3 is 22.6 Å². The fraction of sp³-hybridized carbons (Fsp3) is 0.606. The molecule has 0 saturated carbocycles. The summed E-state index contributed by atoms with van der Waals surface area (Å²) >= 11 is 4.64. The van der Waals surface area contributed by atoms with Crippen LogP contribution in [0, 0.1) is 6.92 Å². The Kier molecular flexibility index (Phi) is 60.1. The molecule has 9 rings (SSSR count).